The third-order valence-electron chi connectivity index (χ3n) is 5.25. The Balaban J connectivity index is 0.00000210. The van der Waals surface area contributed by atoms with Gasteiger partial charge in [-0.1, -0.05) is 36.4 Å². The maximum Gasteiger partial charge on any atom is 0.230 e. The summed E-state index contributed by atoms with van der Waals surface area (Å²) in [5, 5.41) is 3.41. The molecular weight excluding hydrogens is 364 g/mol. The highest BCUT2D eigenvalue weighted by molar-refractivity contribution is 5.85. The quantitative estimate of drug-likeness (QED) is 0.878. The van der Waals surface area contributed by atoms with Crippen molar-refractivity contribution in [3.63, 3.8) is 0 Å². The van der Waals surface area contributed by atoms with Crippen LogP contribution in [0.5, 0.6) is 11.5 Å². The molecule has 0 aromatic heterocycles. The van der Waals surface area contributed by atoms with Crippen molar-refractivity contribution in [2.75, 3.05) is 33.4 Å². The number of para-hydroxylation sites is 2. The number of amides is 1. The van der Waals surface area contributed by atoms with E-state index in [2.05, 4.69) is 5.32 Å². The van der Waals surface area contributed by atoms with Gasteiger partial charge < -0.3 is 19.7 Å². The molecule has 2 aromatic carbocycles. The van der Waals surface area contributed by atoms with E-state index in [1.807, 2.05) is 53.4 Å². The molecule has 27 heavy (non-hydrogen) atoms. The van der Waals surface area contributed by atoms with Crippen LogP contribution in [0.2, 0.25) is 0 Å². The fraction of sp³-hybridized carbons (Fsp3) is 0.381. The Hall–Kier alpha value is -2.24. The van der Waals surface area contributed by atoms with Crippen molar-refractivity contribution in [2.45, 2.75) is 12.5 Å². The van der Waals surface area contributed by atoms with Crippen LogP contribution in [0.1, 0.15) is 17.2 Å². The molecule has 2 unspecified atom stereocenters. The summed E-state index contributed by atoms with van der Waals surface area (Å²) in [5.74, 6) is 1.75. The molecule has 2 heterocycles. The Bertz CT molecular complexity index is 799. The van der Waals surface area contributed by atoms with Crippen molar-refractivity contribution in [3.8, 4) is 11.5 Å². The first kappa shape index (κ1) is 19.5. The van der Waals surface area contributed by atoms with Crippen molar-refractivity contribution in [1.82, 2.24) is 10.2 Å². The molecule has 1 N–H and O–H groups in total. The van der Waals surface area contributed by atoms with Gasteiger partial charge >= 0.3 is 0 Å². The first-order chi connectivity index (χ1) is 12.8. The van der Waals surface area contributed by atoms with Gasteiger partial charge in [0.15, 0.2) is 0 Å². The molecule has 1 fully saturated rings. The lowest BCUT2D eigenvalue weighted by molar-refractivity contribution is -0.140. The van der Waals surface area contributed by atoms with Crippen LogP contribution >= 0.6 is 12.4 Å². The van der Waals surface area contributed by atoms with Crippen molar-refractivity contribution < 1.29 is 14.3 Å². The molecule has 4 rings (SSSR count). The molecule has 0 radical (unpaired) electrons. The largest absolute Gasteiger partial charge is 0.496 e. The van der Waals surface area contributed by atoms with Crippen LogP contribution in [0.15, 0.2) is 48.5 Å². The number of nitrogens with zero attached hydrogens (tertiary/aromatic N) is 1. The molecule has 0 bridgehead atoms. The Kier molecular flexibility index (Phi) is 6.24. The highest BCUT2D eigenvalue weighted by Crippen LogP contribution is 2.33. The van der Waals surface area contributed by atoms with E-state index in [0.717, 1.165) is 42.1 Å². The second kappa shape index (κ2) is 8.63. The first-order valence-corrected chi connectivity index (χ1v) is 9.12. The van der Waals surface area contributed by atoms with Crippen LogP contribution in [0.25, 0.3) is 0 Å². The van der Waals surface area contributed by atoms with Crippen LogP contribution in [0, 0.1) is 5.92 Å². The predicted octanol–water partition coefficient (Wildman–Crippen LogP) is 2.84. The van der Waals surface area contributed by atoms with Crippen molar-refractivity contribution in [2.24, 2.45) is 5.92 Å². The molecular formula is C21H25ClN2O3. The second-order valence-corrected chi connectivity index (χ2v) is 6.81. The van der Waals surface area contributed by atoms with Gasteiger partial charge in [0.2, 0.25) is 5.91 Å². The summed E-state index contributed by atoms with van der Waals surface area (Å²) in [6, 6.07) is 15.9. The number of carbonyl (C=O) groups excluding carboxylic acids is 1. The molecule has 1 saturated heterocycles. The molecule has 0 aliphatic carbocycles. The SMILES string of the molecule is COc1ccccc1C1CNCCN1C(=O)C1COc2ccccc2C1.Cl. The Morgan fingerprint density at radius 3 is 2.81 bits per heavy atom. The number of halogens is 1. The van der Waals surface area contributed by atoms with Gasteiger partial charge in [-0.15, -0.1) is 12.4 Å². The average Bonchev–Trinajstić information content (AvgIpc) is 2.73. The number of carbonyl (C=O) groups is 1. The molecule has 0 spiro atoms. The van der Waals surface area contributed by atoms with Crippen LogP contribution in [-0.2, 0) is 11.2 Å². The minimum Gasteiger partial charge on any atom is -0.496 e. The molecule has 1 amide bonds. The van der Waals surface area contributed by atoms with Gasteiger partial charge in [-0.2, -0.15) is 0 Å². The van der Waals surface area contributed by atoms with Crippen molar-refractivity contribution >= 4 is 18.3 Å². The van der Waals surface area contributed by atoms with Crippen LogP contribution in [-0.4, -0.2) is 44.2 Å². The molecule has 144 valence electrons. The number of nitrogens with one attached hydrogen (secondary N) is 1. The van der Waals surface area contributed by atoms with Gasteiger partial charge in [0.25, 0.3) is 0 Å². The maximum absolute atomic E-state index is 13.3. The second-order valence-electron chi connectivity index (χ2n) is 6.81. The number of ether oxygens (including phenoxy) is 2. The van der Waals surface area contributed by atoms with Gasteiger partial charge in [0.1, 0.15) is 18.1 Å². The number of hydrogen-bond donors (Lipinski definition) is 1. The van der Waals surface area contributed by atoms with E-state index in [-0.39, 0.29) is 30.3 Å². The fourth-order valence-corrected chi connectivity index (χ4v) is 3.91. The van der Waals surface area contributed by atoms with Gasteiger partial charge in [-0.05, 0) is 24.1 Å². The summed E-state index contributed by atoms with van der Waals surface area (Å²) in [6.45, 7) is 2.68. The summed E-state index contributed by atoms with van der Waals surface area (Å²) in [5.41, 5.74) is 2.16. The van der Waals surface area contributed by atoms with Crippen LogP contribution in [0.3, 0.4) is 0 Å². The lowest BCUT2D eigenvalue weighted by atomic mass is 9.93. The highest BCUT2D eigenvalue weighted by atomic mass is 35.5. The zero-order valence-corrected chi connectivity index (χ0v) is 16.2. The number of benzene rings is 2. The van der Waals surface area contributed by atoms with E-state index in [1.165, 1.54) is 0 Å². The Labute approximate surface area is 166 Å². The van der Waals surface area contributed by atoms with Gasteiger partial charge in [-0.3, -0.25) is 4.79 Å². The Morgan fingerprint density at radius 1 is 1.19 bits per heavy atom. The van der Waals surface area contributed by atoms with E-state index in [9.17, 15) is 4.79 Å². The third kappa shape index (κ3) is 3.89. The summed E-state index contributed by atoms with van der Waals surface area (Å²) in [4.78, 5) is 15.3. The monoisotopic (exact) mass is 388 g/mol. The van der Waals surface area contributed by atoms with Gasteiger partial charge in [0.05, 0.1) is 19.1 Å². The minimum absolute atomic E-state index is 0. The highest BCUT2D eigenvalue weighted by Gasteiger charge is 2.35. The van der Waals surface area contributed by atoms with E-state index >= 15 is 0 Å². The number of fused-ring (bicyclic) bond motifs is 1. The molecule has 2 aromatic rings. The Morgan fingerprint density at radius 2 is 1.96 bits per heavy atom. The summed E-state index contributed by atoms with van der Waals surface area (Å²) < 4.78 is 11.4. The summed E-state index contributed by atoms with van der Waals surface area (Å²) in [7, 11) is 1.67. The van der Waals surface area contributed by atoms with Gasteiger partial charge in [0, 0.05) is 25.2 Å². The van der Waals surface area contributed by atoms with E-state index in [1.54, 1.807) is 7.11 Å². The average molecular weight is 389 g/mol. The molecule has 2 aliphatic heterocycles. The molecule has 0 saturated carbocycles. The maximum atomic E-state index is 13.3. The zero-order valence-electron chi connectivity index (χ0n) is 15.4. The van der Waals surface area contributed by atoms with E-state index in [4.69, 9.17) is 9.47 Å². The number of methoxy groups -OCH3 is 1. The molecule has 2 atom stereocenters. The predicted molar refractivity (Wildman–Crippen MR) is 107 cm³/mol. The fourth-order valence-electron chi connectivity index (χ4n) is 3.91. The molecule has 5 nitrogen and oxygen atoms in total. The zero-order chi connectivity index (χ0) is 17.9. The van der Waals surface area contributed by atoms with E-state index in [0.29, 0.717) is 13.2 Å². The number of rotatable bonds is 3. The molecule has 2 aliphatic rings. The summed E-state index contributed by atoms with van der Waals surface area (Å²) in [6.07, 6.45) is 0.734. The van der Waals surface area contributed by atoms with Crippen molar-refractivity contribution in [3.05, 3.63) is 59.7 Å². The smallest absolute Gasteiger partial charge is 0.230 e. The standard InChI is InChI=1S/C21H24N2O3.ClH/c1-25-20-9-5-3-7-17(20)18-13-22-10-11-23(18)21(24)16-12-15-6-2-4-8-19(15)26-14-16;/h2-9,16,18,22H,10-14H2,1H3;1H. The number of piperazine rings is 1. The van der Waals surface area contributed by atoms with E-state index < -0.39 is 0 Å². The van der Waals surface area contributed by atoms with Crippen molar-refractivity contribution in [1.29, 1.82) is 0 Å². The number of hydrogen-bond acceptors (Lipinski definition) is 4. The normalized spacial score (nSPS) is 21.4. The summed E-state index contributed by atoms with van der Waals surface area (Å²) >= 11 is 0. The minimum atomic E-state index is -0.139. The van der Waals surface area contributed by atoms with Crippen LogP contribution in [0.4, 0.5) is 0 Å². The topological polar surface area (TPSA) is 50.8 Å². The third-order valence-corrected chi connectivity index (χ3v) is 5.25. The first-order valence-electron chi connectivity index (χ1n) is 9.12. The van der Waals surface area contributed by atoms with Crippen LogP contribution < -0.4 is 14.8 Å². The van der Waals surface area contributed by atoms with Gasteiger partial charge in [-0.25, -0.2) is 0 Å². The lowest BCUT2D eigenvalue weighted by Gasteiger charge is -2.39. The lowest BCUT2D eigenvalue weighted by Crippen LogP contribution is -2.51. The molecule has 6 heteroatoms.